The van der Waals surface area contributed by atoms with Crippen molar-refractivity contribution < 1.29 is 23.7 Å². The fraction of sp³-hybridized carbons (Fsp3) is 0.444. The third-order valence-corrected chi connectivity index (χ3v) is 3.38. The van der Waals surface area contributed by atoms with E-state index in [9.17, 15) is 4.79 Å². The fourth-order valence-corrected chi connectivity index (χ4v) is 2.08. The molecule has 1 atom stereocenters. The van der Waals surface area contributed by atoms with E-state index in [1.165, 1.54) is 0 Å². The minimum absolute atomic E-state index is 0.0682. The highest BCUT2D eigenvalue weighted by Crippen LogP contribution is 2.40. The molecule has 1 aromatic rings. The number of hydrogen-bond donors (Lipinski definition) is 0. The number of ether oxygens (including phenoxy) is 4. The van der Waals surface area contributed by atoms with Gasteiger partial charge in [0.1, 0.15) is 12.0 Å². The first-order chi connectivity index (χ1) is 10.9. The van der Waals surface area contributed by atoms with E-state index >= 15 is 0 Å². The van der Waals surface area contributed by atoms with Crippen LogP contribution in [-0.4, -0.2) is 33.4 Å². The molecule has 0 amide bonds. The Balaban J connectivity index is 3.11. The van der Waals surface area contributed by atoms with Gasteiger partial charge in [-0.1, -0.05) is 12.6 Å². The van der Waals surface area contributed by atoms with E-state index in [2.05, 4.69) is 12.3 Å². The molecule has 1 rings (SSSR count). The summed E-state index contributed by atoms with van der Waals surface area (Å²) in [7, 11) is 3.10. The van der Waals surface area contributed by atoms with E-state index < -0.39 is 11.4 Å². The molecule has 23 heavy (non-hydrogen) atoms. The molecule has 1 unspecified atom stereocenters. The molecule has 0 fully saturated rings. The molecular formula is C18H24O5. The Labute approximate surface area is 137 Å². The van der Waals surface area contributed by atoms with Crippen LogP contribution in [0, 0.1) is 12.3 Å². The molecule has 0 radical (unpaired) electrons. The fourth-order valence-electron chi connectivity index (χ4n) is 2.08. The minimum Gasteiger partial charge on any atom is -0.493 e. The maximum Gasteiger partial charge on any atom is 0.319 e. The molecule has 5 nitrogen and oxygen atoms in total. The number of carbonyl (C=O) groups excluding carboxylic acids is 1. The van der Waals surface area contributed by atoms with Crippen LogP contribution in [-0.2, 0) is 9.53 Å². The maximum atomic E-state index is 12.2. The summed E-state index contributed by atoms with van der Waals surface area (Å²) in [6.45, 7) is 9.25. The second-order valence-electron chi connectivity index (χ2n) is 5.22. The first kappa shape index (κ1) is 18.7. The molecule has 126 valence electrons. The van der Waals surface area contributed by atoms with Gasteiger partial charge in [0.25, 0.3) is 0 Å². The average Bonchev–Trinajstić information content (AvgIpc) is 2.53. The molecule has 0 heterocycles. The second kappa shape index (κ2) is 8.30. The third-order valence-electron chi connectivity index (χ3n) is 3.38. The van der Waals surface area contributed by atoms with Crippen LogP contribution in [0.3, 0.4) is 0 Å². The maximum absolute atomic E-state index is 12.2. The summed E-state index contributed by atoms with van der Waals surface area (Å²) in [5.41, 5.74) is 2.52. The number of benzene rings is 1. The molecule has 0 aromatic heterocycles. The van der Waals surface area contributed by atoms with Gasteiger partial charge >= 0.3 is 5.97 Å². The van der Waals surface area contributed by atoms with Crippen LogP contribution in [0.5, 0.6) is 17.2 Å². The van der Waals surface area contributed by atoms with Crippen LogP contribution in [0.4, 0.5) is 0 Å². The SMILES string of the molecule is C=C=CC(C)(COc1c(C)ccc(OC)c1OC)C(=O)OCC. The van der Waals surface area contributed by atoms with Gasteiger partial charge in [0.05, 0.1) is 20.8 Å². The topological polar surface area (TPSA) is 54.0 Å². The van der Waals surface area contributed by atoms with Crippen molar-refractivity contribution in [2.45, 2.75) is 20.8 Å². The number of esters is 1. The zero-order chi connectivity index (χ0) is 17.5. The van der Waals surface area contributed by atoms with E-state index in [4.69, 9.17) is 18.9 Å². The van der Waals surface area contributed by atoms with Crippen LogP contribution in [0.2, 0.25) is 0 Å². The van der Waals surface area contributed by atoms with Gasteiger partial charge in [0, 0.05) is 0 Å². The lowest BCUT2D eigenvalue weighted by molar-refractivity contribution is -0.153. The average molecular weight is 320 g/mol. The van der Waals surface area contributed by atoms with Crippen LogP contribution in [0.25, 0.3) is 0 Å². The Morgan fingerprint density at radius 1 is 1.30 bits per heavy atom. The van der Waals surface area contributed by atoms with Crippen LogP contribution in [0.15, 0.2) is 30.5 Å². The first-order valence-corrected chi connectivity index (χ1v) is 7.32. The monoisotopic (exact) mass is 320 g/mol. The molecule has 5 heteroatoms. The van der Waals surface area contributed by atoms with Crippen molar-refractivity contribution >= 4 is 5.97 Å². The smallest absolute Gasteiger partial charge is 0.319 e. The summed E-state index contributed by atoms with van der Waals surface area (Å²) >= 11 is 0. The van der Waals surface area contributed by atoms with E-state index in [-0.39, 0.29) is 6.61 Å². The van der Waals surface area contributed by atoms with E-state index in [0.29, 0.717) is 23.9 Å². The normalized spacial score (nSPS) is 12.6. The molecule has 0 N–H and O–H groups in total. The van der Waals surface area contributed by atoms with Gasteiger partial charge in [0.15, 0.2) is 11.5 Å². The first-order valence-electron chi connectivity index (χ1n) is 7.32. The minimum atomic E-state index is -0.988. The van der Waals surface area contributed by atoms with Crippen molar-refractivity contribution in [3.05, 3.63) is 36.1 Å². The number of rotatable bonds is 8. The number of methoxy groups -OCH3 is 2. The Kier molecular flexibility index (Phi) is 6.73. The second-order valence-corrected chi connectivity index (χ2v) is 5.22. The van der Waals surface area contributed by atoms with Crippen LogP contribution < -0.4 is 14.2 Å². The predicted molar refractivity (Wildman–Crippen MR) is 88.2 cm³/mol. The van der Waals surface area contributed by atoms with Crippen molar-refractivity contribution in [2.75, 3.05) is 27.4 Å². The molecule has 0 spiro atoms. The standard InChI is InChI=1S/C18H24O5/c1-7-11-18(4,17(19)22-8-2)12-23-15-13(3)9-10-14(20-5)16(15)21-6/h9-11H,1,8,12H2,2-6H3. The van der Waals surface area contributed by atoms with Gasteiger partial charge < -0.3 is 18.9 Å². The van der Waals surface area contributed by atoms with Crippen LogP contribution >= 0.6 is 0 Å². The number of hydrogen-bond acceptors (Lipinski definition) is 5. The van der Waals surface area contributed by atoms with Crippen LogP contribution in [0.1, 0.15) is 19.4 Å². The Morgan fingerprint density at radius 3 is 2.52 bits per heavy atom. The van der Waals surface area contributed by atoms with Crippen molar-refractivity contribution in [3.8, 4) is 17.2 Å². The van der Waals surface area contributed by atoms with Crippen molar-refractivity contribution in [1.29, 1.82) is 0 Å². The molecule has 0 bridgehead atoms. The van der Waals surface area contributed by atoms with E-state index in [1.54, 1.807) is 40.2 Å². The number of carbonyl (C=O) groups is 1. The van der Waals surface area contributed by atoms with Gasteiger partial charge in [-0.15, -0.1) is 5.73 Å². The summed E-state index contributed by atoms with van der Waals surface area (Å²) in [6.07, 6.45) is 1.55. The van der Waals surface area contributed by atoms with Crippen molar-refractivity contribution in [2.24, 2.45) is 5.41 Å². The highest BCUT2D eigenvalue weighted by Gasteiger charge is 2.34. The molecular weight excluding hydrogens is 296 g/mol. The predicted octanol–water partition coefficient (Wildman–Crippen LogP) is 3.30. The molecule has 0 aliphatic rings. The molecule has 1 aromatic carbocycles. The van der Waals surface area contributed by atoms with Crippen molar-refractivity contribution in [3.63, 3.8) is 0 Å². The quantitative estimate of drug-likeness (QED) is 0.543. The summed E-state index contributed by atoms with van der Waals surface area (Å²) in [6, 6.07) is 3.66. The van der Waals surface area contributed by atoms with Gasteiger partial charge in [-0.05, 0) is 38.5 Å². The Hall–Kier alpha value is -2.39. The van der Waals surface area contributed by atoms with Gasteiger partial charge in [-0.3, -0.25) is 4.79 Å². The molecule has 0 saturated heterocycles. The largest absolute Gasteiger partial charge is 0.493 e. The highest BCUT2D eigenvalue weighted by atomic mass is 16.5. The summed E-state index contributed by atoms with van der Waals surface area (Å²) < 4.78 is 21.6. The lowest BCUT2D eigenvalue weighted by atomic mass is 9.92. The van der Waals surface area contributed by atoms with Gasteiger partial charge in [0.2, 0.25) is 5.75 Å². The van der Waals surface area contributed by atoms with E-state index in [1.807, 2.05) is 13.0 Å². The Bertz CT molecular complexity index is 602. The zero-order valence-electron chi connectivity index (χ0n) is 14.4. The van der Waals surface area contributed by atoms with Gasteiger partial charge in [-0.25, -0.2) is 0 Å². The molecule has 0 saturated carbocycles. The van der Waals surface area contributed by atoms with Gasteiger partial charge in [-0.2, -0.15) is 0 Å². The summed E-state index contributed by atoms with van der Waals surface area (Å²) in [5.74, 6) is 1.18. The zero-order valence-corrected chi connectivity index (χ0v) is 14.4. The number of aryl methyl sites for hydroxylation is 1. The highest BCUT2D eigenvalue weighted by molar-refractivity contribution is 5.79. The summed E-state index contributed by atoms with van der Waals surface area (Å²) in [5, 5.41) is 0. The molecule has 0 aliphatic heterocycles. The Morgan fingerprint density at radius 2 is 2.00 bits per heavy atom. The third kappa shape index (κ3) is 4.30. The van der Waals surface area contributed by atoms with E-state index in [0.717, 1.165) is 5.56 Å². The summed E-state index contributed by atoms with van der Waals surface area (Å²) in [4.78, 5) is 12.2. The van der Waals surface area contributed by atoms with Crippen molar-refractivity contribution in [1.82, 2.24) is 0 Å². The lowest BCUT2D eigenvalue weighted by Crippen LogP contribution is -2.34. The lowest BCUT2D eigenvalue weighted by Gasteiger charge is -2.24. The molecule has 0 aliphatic carbocycles.